The lowest BCUT2D eigenvalue weighted by Crippen LogP contribution is -2.41. The number of hydrogen-bond donors (Lipinski definition) is 1. The van der Waals surface area contributed by atoms with Crippen LogP contribution in [0.25, 0.3) is 0 Å². The molecular formula is C15H23N. The molecule has 1 atom stereocenters. The monoisotopic (exact) mass is 217 g/mol. The highest BCUT2D eigenvalue weighted by Gasteiger charge is 2.38. The first-order valence-electron chi connectivity index (χ1n) is 6.26. The van der Waals surface area contributed by atoms with E-state index in [2.05, 4.69) is 39.8 Å². The van der Waals surface area contributed by atoms with Crippen molar-refractivity contribution in [2.75, 3.05) is 0 Å². The summed E-state index contributed by atoms with van der Waals surface area (Å²) in [5.41, 5.74) is 12.0. The third-order valence-electron chi connectivity index (χ3n) is 3.91. The maximum Gasteiger partial charge on any atom is 0.0195 e. The van der Waals surface area contributed by atoms with Gasteiger partial charge in [0, 0.05) is 5.54 Å². The van der Waals surface area contributed by atoms with Gasteiger partial charge in [-0.25, -0.2) is 0 Å². The van der Waals surface area contributed by atoms with E-state index in [1.807, 2.05) is 0 Å². The van der Waals surface area contributed by atoms with Crippen molar-refractivity contribution in [2.24, 2.45) is 11.7 Å². The smallest absolute Gasteiger partial charge is 0.0195 e. The van der Waals surface area contributed by atoms with Crippen molar-refractivity contribution in [1.82, 2.24) is 0 Å². The van der Waals surface area contributed by atoms with Gasteiger partial charge in [0.25, 0.3) is 0 Å². The summed E-state index contributed by atoms with van der Waals surface area (Å²) in [4.78, 5) is 0. The van der Waals surface area contributed by atoms with E-state index in [1.165, 1.54) is 35.1 Å². The van der Waals surface area contributed by atoms with E-state index in [0.29, 0.717) is 0 Å². The van der Waals surface area contributed by atoms with Crippen LogP contribution in [-0.4, -0.2) is 5.54 Å². The Balaban J connectivity index is 2.27. The van der Waals surface area contributed by atoms with Crippen LogP contribution < -0.4 is 5.73 Å². The Morgan fingerprint density at radius 3 is 2.12 bits per heavy atom. The minimum Gasteiger partial charge on any atom is -0.325 e. The highest BCUT2D eigenvalue weighted by Crippen LogP contribution is 2.40. The van der Waals surface area contributed by atoms with E-state index in [9.17, 15) is 0 Å². The molecule has 1 saturated carbocycles. The normalized spacial score (nSPS) is 19.6. The molecule has 0 aromatic heterocycles. The quantitative estimate of drug-likeness (QED) is 0.826. The molecule has 0 heterocycles. The van der Waals surface area contributed by atoms with Crippen LogP contribution in [-0.2, 0) is 6.42 Å². The van der Waals surface area contributed by atoms with Crippen LogP contribution in [0.5, 0.6) is 0 Å². The van der Waals surface area contributed by atoms with Crippen molar-refractivity contribution in [3.8, 4) is 0 Å². The van der Waals surface area contributed by atoms with Gasteiger partial charge in [0.2, 0.25) is 0 Å². The molecule has 2 N–H and O–H groups in total. The Morgan fingerprint density at radius 2 is 1.69 bits per heavy atom. The number of benzene rings is 1. The average Bonchev–Trinajstić information content (AvgIpc) is 2.94. The number of nitrogens with two attached hydrogens (primary N) is 1. The molecule has 1 fully saturated rings. The van der Waals surface area contributed by atoms with Crippen LogP contribution in [0, 0.1) is 26.7 Å². The molecule has 1 aliphatic carbocycles. The summed E-state index contributed by atoms with van der Waals surface area (Å²) in [6.45, 7) is 8.78. The van der Waals surface area contributed by atoms with Crippen LogP contribution >= 0.6 is 0 Å². The van der Waals surface area contributed by atoms with Gasteiger partial charge in [0.15, 0.2) is 0 Å². The zero-order chi connectivity index (χ0) is 11.9. The first-order valence-corrected chi connectivity index (χ1v) is 6.26. The van der Waals surface area contributed by atoms with Crippen LogP contribution in [0.1, 0.15) is 42.0 Å². The van der Waals surface area contributed by atoms with Crippen molar-refractivity contribution >= 4 is 0 Å². The highest BCUT2D eigenvalue weighted by molar-refractivity contribution is 5.38. The molecule has 1 aliphatic rings. The molecule has 0 bridgehead atoms. The van der Waals surface area contributed by atoms with E-state index in [1.54, 1.807) is 0 Å². The summed E-state index contributed by atoms with van der Waals surface area (Å²) in [6.07, 6.45) is 3.66. The van der Waals surface area contributed by atoms with Gasteiger partial charge in [-0.1, -0.05) is 17.7 Å². The molecule has 0 spiro atoms. The molecule has 1 aromatic rings. The number of aryl methyl sites for hydroxylation is 3. The largest absolute Gasteiger partial charge is 0.325 e. The maximum atomic E-state index is 6.43. The first kappa shape index (κ1) is 11.7. The standard InChI is InChI=1S/C15H23N/c1-10-7-11(2)14(12(3)8-10)9-15(4,16)13-5-6-13/h7-8,13H,5-6,9,16H2,1-4H3. The number of rotatable bonds is 3. The molecule has 1 aromatic carbocycles. The average molecular weight is 217 g/mol. The molecule has 1 unspecified atom stereocenters. The molecule has 88 valence electrons. The van der Waals surface area contributed by atoms with Gasteiger partial charge >= 0.3 is 0 Å². The zero-order valence-electron chi connectivity index (χ0n) is 10.9. The lowest BCUT2D eigenvalue weighted by Gasteiger charge is -2.26. The third kappa shape index (κ3) is 2.30. The van der Waals surface area contributed by atoms with Crippen LogP contribution in [0.15, 0.2) is 12.1 Å². The van der Waals surface area contributed by atoms with Crippen molar-refractivity contribution in [3.63, 3.8) is 0 Å². The molecule has 1 heteroatoms. The van der Waals surface area contributed by atoms with Crippen LogP contribution in [0.3, 0.4) is 0 Å². The fraction of sp³-hybridized carbons (Fsp3) is 0.600. The molecule has 0 amide bonds. The predicted molar refractivity (Wildman–Crippen MR) is 69.7 cm³/mol. The summed E-state index contributed by atoms with van der Waals surface area (Å²) in [7, 11) is 0. The van der Waals surface area contributed by atoms with Gasteiger partial charge in [0.05, 0.1) is 0 Å². The molecule has 0 radical (unpaired) electrons. The van der Waals surface area contributed by atoms with Gasteiger partial charge in [-0.15, -0.1) is 0 Å². The molecule has 16 heavy (non-hydrogen) atoms. The Morgan fingerprint density at radius 1 is 1.19 bits per heavy atom. The van der Waals surface area contributed by atoms with E-state index in [0.717, 1.165) is 12.3 Å². The lowest BCUT2D eigenvalue weighted by molar-refractivity contribution is 0.405. The van der Waals surface area contributed by atoms with E-state index in [-0.39, 0.29) is 5.54 Å². The number of hydrogen-bond acceptors (Lipinski definition) is 1. The Kier molecular flexibility index (Phi) is 2.83. The van der Waals surface area contributed by atoms with E-state index >= 15 is 0 Å². The zero-order valence-corrected chi connectivity index (χ0v) is 10.9. The van der Waals surface area contributed by atoms with Crippen LogP contribution in [0.4, 0.5) is 0 Å². The SMILES string of the molecule is Cc1cc(C)c(CC(C)(N)C2CC2)c(C)c1. The van der Waals surface area contributed by atoms with Gasteiger partial charge < -0.3 is 5.73 Å². The second-order valence-corrected chi connectivity index (χ2v) is 5.83. The molecular weight excluding hydrogens is 194 g/mol. The fourth-order valence-electron chi connectivity index (χ4n) is 2.76. The highest BCUT2D eigenvalue weighted by atomic mass is 14.8. The van der Waals surface area contributed by atoms with Crippen molar-refractivity contribution in [3.05, 3.63) is 34.4 Å². The second-order valence-electron chi connectivity index (χ2n) is 5.83. The van der Waals surface area contributed by atoms with Crippen molar-refractivity contribution in [1.29, 1.82) is 0 Å². The lowest BCUT2D eigenvalue weighted by atomic mass is 9.85. The summed E-state index contributed by atoms with van der Waals surface area (Å²) in [5, 5.41) is 0. The summed E-state index contributed by atoms with van der Waals surface area (Å²) >= 11 is 0. The van der Waals surface area contributed by atoms with Crippen molar-refractivity contribution in [2.45, 2.75) is 52.5 Å². The van der Waals surface area contributed by atoms with Crippen molar-refractivity contribution < 1.29 is 0 Å². The van der Waals surface area contributed by atoms with Gasteiger partial charge in [-0.2, -0.15) is 0 Å². The minimum absolute atomic E-state index is 0.00915. The summed E-state index contributed by atoms with van der Waals surface area (Å²) < 4.78 is 0. The summed E-state index contributed by atoms with van der Waals surface area (Å²) in [6, 6.07) is 4.54. The van der Waals surface area contributed by atoms with Gasteiger partial charge in [-0.05, 0) is 69.6 Å². The molecule has 2 rings (SSSR count). The van der Waals surface area contributed by atoms with E-state index in [4.69, 9.17) is 5.73 Å². The predicted octanol–water partition coefficient (Wildman–Crippen LogP) is 3.28. The molecule has 0 aliphatic heterocycles. The third-order valence-corrected chi connectivity index (χ3v) is 3.91. The molecule has 1 nitrogen and oxygen atoms in total. The Bertz CT molecular complexity index is 377. The van der Waals surface area contributed by atoms with Gasteiger partial charge in [0.1, 0.15) is 0 Å². The Hall–Kier alpha value is -0.820. The topological polar surface area (TPSA) is 26.0 Å². The van der Waals surface area contributed by atoms with E-state index < -0.39 is 0 Å². The fourth-order valence-corrected chi connectivity index (χ4v) is 2.76. The summed E-state index contributed by atoms with van der Waals surface area (Å²) in [5.74, 6) is 0.743. The van der Waals surface area contributed by atoms with Crippen LogP contribution in [0.2, 0.25) is 0 Å². The minimum atomic E-state index is -0.00915. The van der Waals surface area contributed by atoms with Gasteiger partial charge in [-0.3, -0.25) is 0 Å². The maximum absolute atomic E-state index is 6.43. The second kappa shape index (κ2) is 3.89. The Labute approximate surface area is 99.0 Å². The molecule has 0 saturated heterocycles. The first-order chi connectivity index (χ1) is 7.40.